The highest BCUT2D eigenvalue weighted by atomic mass is 16.6. The topological polar surface area (TPSA) is 52.6 Å². The summed E-state index contributed by atoms with van der Waals surface area (Å²) in [6.45, 7) is 5.69. The molecular weight excluding hydrogens is 220 g/mol. The van der Waals surface area contributed by atoms with Crippen molar-refractivity contribution in [2.75, 3.05) is 13.2 Å². The van der Waals surface area contributed by atoms with Crippen molar-refractivity contribution in [1.82, 2.24) is 0 Å². The molecule has 0 spiro atoms. The first kappa shape index (κ1) is 13.2. The number of hydrogen-bond acceptors (Lipinski definition) is 4. The molecule has 0 heterocycles. The van der Waals surface area contributed by atoms with Crippen LogP contribution >= 0.6 is 0 Å². The average Bonchev–Trinajstić information content (AvgIpc) is 2.30. The molecule has 0 amide bonds. The molecule has 0 saturated heterocycles. The fourth-order valence-electron chi connectivity index (χ4n) is 1.37. The molecule has 0 fully saturated rings. The number of carbonyl (C=O) groups is 2. The van der Waals surface area contributed by atoms with Crippen LogP contribution in [0, 0.1) is 13.8 Å². The average molecular weight is 236 g/mol. The quantitative estimate of drug-likeness (QED) is 0.580. The maximum absolute atomic E-state index is 11.1. The Morgan fingerprint density at radius 3 is 2.53 bits per heavy atom. The van der Waals surface area contributed by atoms with Crippen LogP contribution in [0.1, 0.15) is 28.4 Å². The second-order valence-corrected chi connectivity index (χ2v) is 3.69. The molecule has 0 N–H and O–H groups in total. The van der Waals surface area contributed by atoms with Crippen molar-refractivity contribution in [2.24, 2.45) is 0 Å². The molecular formula is C13H16O4. The van der Waals surface area contributed by atoms with Crippen molar-refractivity contribution in [1.29, 1.82) is 0 Å². The van der Waals surface area contributed by atoms with Crippen LogP contribution in [-0.4, -0.2) is 25.5 Å². The van der Waals surface area contributed by atoms with Crippen LogP contribution in [0.3, 0.4) is 0 Å². The molecule has 0 saturated carbocycles. The van der Waals surface area contributed by atoms with Crippen LogP contribution in [0.15, 0.2) is 12.1 Å². The molecule has 0 radical (unpaired) electrons. The first-order valence-corrected chi connectivity index (χ1v) is 5.43. The van der Waals surface area contributed by atoms with E-state index in [0.717, 1.165) is 11.1 Å². The lowest BCUT2D eigenvalue weighted by Crippen LogP contribution is -2.15. The molecule has 4 nitrogen and oxygen atoms in total. The van der Waals surface area contributed by atoms with Gasteiger partial charge in [-0.1, -0.05) is 0 Å². The molecule has 1 aromatic rings. The molecule has 0 bridgehead atoms. The maximum Gasteiger partial charge on any atom is 0.344 e. The predicted molar refractivity (Wildman–Crippen MR) is 63.4 cm³/mol. The van der Waals surface area contributed by atoms with E-state index in [1.807, 2.05) is 13.8 Å². The first-order chi connectivity index (χ1) is 8.08. The van der Waals surface area contributed by atoms with Crippen molar-refractivity contribution in [3.63, 3.8) is 0 Å². The third-order valence-electron chi connectivity index (χ3n) is 2.40. The molecule has 4 heteroatoms. The van der Waals surface area contributed by atoms with Gasteiger partial charge in [-0.3, -0.25) is 4.79 Å². The fourth-order valence-corrected chi connectivity index (χ4v) is 1.37. The van der Waals surface area contributed by atoms with Gasteiger partial charge in [0.25, 0.3) is 0 Å². The molecule has 0 aliphatic heterocycles. The third-order valence-corrected chi connectivity index (χ3v) is 2.40. The van der Waals surface area contributed by atoms with Gasteiger partial charge in [0.1, 0.15) is 5.75 Å². The van der Waals surface area contributed by atoms with Gasteiger partial charge in [-0.05, 0) is 44.0 Å². The summed E-state index contributed by atoms with van der Waals surface area (Å²) in [6.07, 6.45) is 0.715. The number of carbonyl (C=O) groups excluding carboxylic acids is 2. The highest BCUT2D eigenvalue weighted by Gasteiger charge is 2.09. The summed E-state index contributed by atoms with van der Waals surface area (Å²) < 4.78 is 10.0. The maximum atomic E-state index is 11.1. The molecule has 1 aromatic carbocycles. The summed E-state index contributed by atoms with van der Waals surface area (Å²) in [5, 5.41) is 0. The van der Waals surface area contributed by atoms with Gasteiger partial charge in [0, 0.05) is 0 Å². The van der Waals surface area contributed by atoms with E-state index < -0.39 is 5.97 Å². The van der Waals surface area contributed by atoms with Crippen LogP contribution in [0.4, 0.5) is 0 Å². The van der Waals surface area contributed by atoms with E-state index in [1.54, 1.807) is 19.1 Å². The highest BCUT2D eigenvalue weighted by molar-refractivity contribution is 5.80. The third kappa shape index (κ3) is 3.59. The summed E-state index contributed by atoms with van der Waals surface area (Å²) in [7, 11) is 0. The summed E-state index contributed by atoms with van der Waals surface area (Å²) in [6, 6.07) is 3.49. The standard InChI is InChI=1S/C13H16O4/c1-4-16-13(15)8-17-12-6-10(3)9(2)5-11(12)7-14/h5-7H,4,8H2,1-3H3. The Kier molecular flexibility index (Phi) is 4.69. The number of hydrogen-bond donors (Lipinski definition) is 0. The van der Waals surface area contributed by atoms with E-state index in [4.69, 9.17) is 9.47 Å². The predicted octanol–water partition coefficient (Wildman–Crippen LogP) is 2.06. The Hall–Kier alpha value is -1.84. The van der Waals surface area contributed by atoms with E-state index in [-0.39, 0.29) is 6.61 Å². The Balaban J connectivity index is 2.79. The van der Waals surface area contributed by atoms with Crippen molar-refractivity contribution in [2.45, 2.75) is 20.8 Å². The summed E-state index contributed by atoms with van der Waals surface area (Å²) in [5.41, 5.74) is 2.46. The first-order valence-electron chi connectivity index (χ1n) is 5.43. The van der Waals surface area contributed by atoms with Crippen LogP contribution in [-0.2, 0) is 9.53 Å². The summed E-state index contributed by atoms with van der Waals surface area (Å²) in [5.74, 6) is -0.0290. The Morgan fingerprint density at radius 1 is 1.29 bits per heavy atom. The van der Waals surface area contributed by atoms with Crippen molar-refractivity contribution < 1.29 is 19.1 Å². The normalized spacial score (nSPS) is 9.82. The van der Waals surface area contributed by atoms with Crippen molar-refractivity contribution in [3.8, 4) is 5.75 Å². The minimum Gasteiger partial charge on any atom is -0.481 e. The van der Waals surface area contributed by atoms with Crippen LogP contribution < -0.4 is 4.74 Å². The van der Waals surface area contributed by atoms with Gasteiger partial charge in [-0.25, -0.2) is 4.79 Å². The SMILES string of the molecule is CCOC(=O)COc1cc(C)c(C)cc1C=O. The zero-order valence-electron chi connectivity index (χ0n) is 10.3. The van der Waals surface area contributed by atoms with E-state index >= 15 is 0 Å². The van der Waals surface area contributed by atoms with Crippen molar-refractivity contribution >= 4 is 12.3 Å². The zero-order valence-corrected chi connectivity index (χ0v) is 10.3. The van der Waals surface area contributed by atoms with Crippen LogP contribution in [0.25, 0.3) is 0 Å². The summed E-state index contributed by atoms with van der Waals surface area (Å²) >= 11 is 0. The van der Waals surface area contributed by atoms with Gasteiger partial charge in [0.2, 0.25) is 0 Å². The Morgan fingerprint density at radius 2 is 1.94 bits per heavy atom. The zero-order chi connectivity index (χ0) is 12.8. The number of esters is 1. The van der Waals surface area contributed by atoms with Gasteiger partial charge in [-0.2, -0.15) is 0 Å². The summed E-state index contributed by atoms with van der Waals surface area (Å²) in [4.78, 5) is 22.0. The van der Waals surface area contributed by atoms with E-state index in [2.05, 4.69) is 0 Å². The van der Waals surface area contributed by atoms with Gasteiger partial charge in [-0.15, -0.1) is 0 Å². The molecule has 0 aliphatic rings. The lowest BCUT2D eigenvalue weighted by atomic mass is 10.1. The lowest BCUT2D eigenvalue weighted by molar-refractivity contribution is -0.145. The number of aldehydes is 1. The van der Waals surface area contributed by atoms with E-state index in [1.165, 1.54) is 0 Å². The van der Waals surface area contributed by atoms with Gasteiger partial charge in [0.05, 0.1) is 12.2 Å². The largest absolute Gasteiger partial charge is 0.481 e. The van der Waals surface area contributed by atoms with Crippen molar-refractivity contribution in [3.05, 3.63) is 28.8 Å². The number of ether oxygens (including phenoxy) is 2. The van der Waals surface area contributed by atoms with Gasteiger partial charge >= 0.3 is 5.97 Å². The lowest BCUT2D eigenvalue weighted by Gasteiger charge is -2.10. The number of benzene rings is 1. The van der Waals surface area contributed by atoms with Gasteiger partial charge in [0.15, 0.2) is 12.9 Å². The molecule has 17 heavy (non-hydrogen) atoms. The molecule has 0 aliphatic carbocycles. The smallest absolute Gasteiger partial charge is 0.344 e. The molecule has 0 aromatic heterocycles. The van der Waals surface area contributed by atoms with Crippen LogP contribution in [0.2, 0.25) is 0 Å². The highest BCUT2D eigenvalue weighted by Crippen LogP contribution is 2.21. The van der Waals surface area contributed by atoms with Crippen LogP contribution in [0.5, 0.6) is 5.75 Å². The minimum absolute atomic E-state index is 0.183. The van der Waals surface area contributed by atoms with E-state index in [0.29, 0.717) is 24.2 Å². The minimum atomic E-state index is -0.442. The van der Waals surface area contributed by atoms with E-state index in [9.17, 15) is 9.59 Å². The molecule has 0 atom stereocenters. The number of rotatable bonds is 5. The molecule has 92 valence electrons. The monoisotopic (exact) mass is 236 g/mol. The molecule has 1 rings (SSSR count). The Bertz CT molecular complexity index is 424. The fraction of sp³-hybridized carbons (Fsp3) is 0.385. The molecule has 0 unspecified atom stereocenters. The van der Waals surface area contributed by atoms with Gasteiger partial charge < -0.3 is 9.47 Å². The second kappa shape index (κ2) is 6.03. The number of aryl methyl sites for hydroxylation is 2. The Labute approximate surface area is 101 Å². The second-order valence-electron chi connectivity index (χ2n) is 3.69.